The van der Waals surface area contributed by atoms with Gasteiger partial charge < -0.3 is 15.3 Å². The molecule has 23 heavy (non-hydrogen) atoms. The van der Waals surface area contributed by atoms with Gasteiger partial charge in [0.2, 0.25) is 5.91 Å². The summed E-state index contributed by atoms with van der Waals surface area (Å²) >= 11 is 0. The Morgan fingerprint density at radius 1 is 1.04 bits per heavy atom. The van der Waals surface area contributed by atoms with Crippen LogP contribution in [-0.4, -0.2) is 47.6 Å². The summed E-state index contributed by atoms with van der Waals surface area (Å²) in [6.07, 6.45) is 12.3. The van der Waals surface area contributed by atoms with Crippen LogP contribution in [0.3, 0.4) is 0 Å². The van der Waals surface area contributed by atoms with Crippen molar-refractivity contribution >= 4 is 11.9 Å². The molecule has 2 N–H and O–H groups in total. The molecule has 0 aromatic heterocycles. The van der Waals surface area contributed by atoms with Crippen molar-refractivity contribution in [1.82, 2.24) is 10.2 Å². The van der Waals surface area contributed by atoms with E-state index in [4.69, 9.17) is 5.11 Å². The predicted molar refractivity (Wildman–Crippen MR) is 92.5 cm³/mol. The number of rotatable bonds is 13. The number of amides is 1. The molecule has 5 heteroatoms. The van der Waals surface area contributed by atoms with Gasteiger partial charge in [-0.05, 0) is 19.4 Å². The molecular formula is C18H34N2O3. The molecule has 1 aliphatic rings. The number of nitrogens with zero attached hydrogens (tertiary/aromatic N) is 1. The number of unbranched alkanes of at least 4 members (excludes halogenated alkanes) is 8. The second-order valence-corrected chi connectivity index (χ2v) is 6.64. The molecule has 1 unspecified atom stereocenters. The van der Waals surface area contributed by atoms with E-state index in [1.165, 1.54) is 44.9 Å². The Kier molecular flexibility index (Phi) is 10.7. The number of aliphatic carboxylic acids is 1. The molecule has 0 saturated carbocycles. The van der Waals surface area contributed by atoms with E-state index in [1.807, 2.05) is 0 Å². The van der Waals surface area contributed by atoms with Crippen molar-refractivity contribution in [3.8, 4) is 0 Å². The van der Waals surface area contributed by atoms with Crippen molar-refractivity contribution in [2.45, 2.75) is 83.6 Å². The van der Waals surface area contributed by atoms with Crippen LogP contribution >= 0.6 is 0 Å². The fraction of sp³-hybridized carbons (Fsp3) is 0.889. The Labute approximate surface area is 140 Å². The van der Waals surface area contributed by atoms with Gasteiger partial charge in [-0.3, -0.25) is 9.59 Å². The highest BCUT2D eigenvalue weighted by atomic mass is 16.4. The Morgan fingerprint density at radius 3 is 2.17 bits per heavy atom. The minimum Gasteiger partial charge on any atom is -0.480 e. The molecule has 1 atom stereocenters. The molecular weight excluding hydrogens is 292 g/mol. The first kappa shape index (κ1) is 19.9. The van der Waals surface area contributed by atoms with Crippen LogP contribution in [0.15, 0.2) is 0 Å². The summed E-state index contributed by atoms with van der Waals surface area (Å²) in [5.74, 6) is -0.915. The summed E-state index contributed by atoms with van der Waals surface area (Å²) < 4.78 is 0. The lowest BCUT2D eigenvalue weighted by atomic mass is 10.1. The molecule has 1 fully saturated rings. The quantitative estimate of drug-likeness (QED) is 0.510. The molecule has 0 spiro atoms. The van der Waals surface area contributed by atoms with Gasteiger partial charge in [-0.1, -0.05) is 58.3 Å². The zero-order valence-electron chi connectivity index (χ0n) is 14.7. The Balaban J connectivity index is 2.13. The third-order valence-electron chi connectivity index (χ3n) is 4.60. The van der Waals surface area contributed by atoms with E-state index in [-0.39, 0.29) is 18.5 Å². The average Bonchev–Trinajstić information content (AvgIpc) is 3.04. The van der Waals surface area contributed by atoms with Gasteiger partial charge >= 0.3 is 5.97 Å². The zero-order chi connectivity index (χ0) is 16.9. The van der Waals surface area contributed by atoms with E-state index >= 15 is 0 Å². The fourth-order valence-electron chi connectivity index (χ4n) is 3.20. The van der Waals surface area contributed by atoms with Gasteiger partial charge in [0, 0.05) is 19.0 Å². The lowest BCUT2D eigenvalue weighted by Gasteiger charge is -2.27. The van der Waals surface area contributed by atoms with Crippen LogP contribution in [0.5, 0.6) is 0 Å². The van der Waals surface area contributed by atoms with Crippen LogP contribution in [0, 0.1) is 0 Å². The molecule has 1 heterocycles. The molecule has 1 aliphatic heterocycles. The summed E-state index contributed by atoms with van der Waals surface area (Å²) in [4.78, 5) is 24.9. The lowest BCUT2D eigenvalue weighted by molar-refractivity contribution is -0.146. The third kappa shape index (κ3) is 8.94. The third-order valence-corrected chi connectivity index (χ3v) is 4.60. The molecule has 5 nitrogen and oxygen atoms in total. The van der Waals surface area contributed by atoms with Gasteiger partial charge in [0.15, 0.2) is 0 Å². The smallest absolute Gasteiger partial charge is 0.323 e. The van der Waals surface area contributed by atoms with Crippen LogP contribution in [0.25, 0.3) is 0 Å². The van der Waals surface area contributed by atoms with E-state index in [0.29, 0.717) is 6.42 Å². The molecule has 0 bridgehead atoms. The summed E-state index contributed by atoms with van der Waals surface area (Å²) in [6, 6.07) is 0.0529. The summed E-state index contributed by atoms with van der Waals surface area (Å²) in [7, 11) is 0. The van der Waals surface area contributed by atoms with Crippen LogP contribution in [0.2, 0.25) is 0 Å². The monoisotopic (exact) mass is 326 g/mol. The first-order valence-electron chi connectivity index (χ1n) is 9.37. The van der Waals surface area contributed by atoms with Gasteiger partial charge in [-0.25, -0.2) is 0 Å². The van der Waals surface area contributed by atoms with Crippen LogP contribution in [0.1, 0.15) is 77.6 Å². The first-order chi connectivity index (χ1) is 11.1. The van der Waals surface area contributed by atoms with Gasteiger partial charge in [0.05, 0.1) is 0 Å². The highest BCUT2D eigenvalue weighted by molar-refractivity contribution is 5.81. The van der Waals surface area contributed by atoms with Crippen molar-refractivity contribution in [2.24, 2.45) is 0 Å². The molecule has 0 aromatic carbocycles. The number of carbonyl (C=O) groups is 2. The van der Waals surface area contributed by atoms with Crippen molar-refractivity contribution in [2.75, 3.05) is 19.6 Å². The highest BCUT2D eigenvalue weighted by Gasteiger charge is 2.27. The summed E-state index contributed by atoms with van der Waals surface area (Å²) in [5, 5.41) is 12.2. The second-order valence-electron chi connectivity index (χ2n) is 6.64. The maximum Gasteiger partial charge on any atom is 0.323 e. The minimum atomic E-state index is -0.919. The maximum atomic E-state index is 12.3. The average molecular weight is 326 g/mol. The standard InChI is InChI=1S/C18H34N2O3/c1-2-3-4-5-6-7-8-9-10-11-17(21)20(15-18(22)23)16-12-13-19-14-16/h16,19H,2-15H2,1H3,(H,22,23). The van der Waals surface area contributed by atoms with E-state index < -0.39 is 5.97 Å². The topological polar surface area (TPSA) is 69.6 Å². The van der Waals surface area contributed by atoms with Crippen molar-refractivity contribution < 1.29 is 14.7 Å². The first-order valence-corrected chi connectivity index (χ1v) is 9.37. The number of carboxylic acid groups (broad SMARTS) is 1. The van der Waals surface area contributed by atoms with Crippen molar-refractivity contribution in [3.63, 3.8) is 0 Å². The molecule has 1 saturated heterocycles. The Morgan fingerprint density at radius 2 is 1.65 bits per heavy atom. The second kappa shape index (κ2) is 12.3. The molecule has 0 aliphatic carbocycles. The molecule has 134 valence electrons. The molecule has 1 amide bonds. The van der Waals surface area contributed by atoms with E-state index in [0.717, 1.165) is 32.4 Å². The van der Waals surface area contributed by atoms with Gasteiger partial charge in [0.25, 0.3) is 0 Å². The van der Waals surface area contributed by atoms with Crippen molar-refractivity contribution in [3.05, 3.63) is 0 Å². The van der Waals surface area contributed by atoms with Crippen molar-refractivity contribution in [1.29, 1.82) is 0 Å². The van der Waals surface area contributed by atoms with Crippen LogP contribution < -0.4 is 5.32 Å². The van der Waals surface area contributed by atoms with Gasteiger partial charge in [-0.2, -0.15) is 0 Å². The van der Waals surface area contributed by atoms with E-state index in [2.05, 4.69) is 12.2 Å². The fourth-order valence-corrected chi connectivity index (χ4v) is 3.20. The Hall–Kier alpha value is -1.10. The summed E-state index contributed by atoms with van der Waals surface area (Å²) in [5.41, 5.74) is 0. The van der Waals surface area contributed by atoms with E-state index in [9.17, 15) is 9.59 Å². The number of hydrogen-bond donors (Lipinski definition) is 2. The van der Waals surface area contributed by atoms with E-state index in [1.54, 1.807) is 4.90 Å². The van der Waals surface area contributed by atoms with Gasteiger partial charge in [0.1, 0.15) is 6.54 Å². The number of carboxylic acids is 1. The molecule has 0 aromatic rings. The van der Waals surface area contributed by atoms with Crippen LogP contribution in [-0.2, 0) is 9.59 Å². The predicted octanol–water partition coefficient (Wildman–Crippen LogP) is 3.18. The molecule has 0 radical (unpaired) electrons. The number of nitrogens with one attached hydrogen (secondary N) is 1. The highest BCUT2D eigenvalue weighted by Crippen LogP contribution is 2.14. The maximum absolute atomic E-state index is 12.3. The number of carbonyl (C=O) groups excluding carboxylic acids is 1. The lowest BCUT2D eigenvalue weighted by Crippen LogP contribution is -2.44. The van der Waals surface area contributed by atoms with Crippen LogP contribution in [0.4, 0.5) is 0 Å². The largest absolute Gasteiger partial charge is 0.480 e. The van der Waals surface area contributed by atoms with Gasteiger partial charge in [-0.15, -0.1) is 0 Å². The zero-order valence-corrected chi connectivity index (χ0v) is 14.7. The SMILES string of the molecule is CCCCCCCCCCCC(=O)N(CC(=O)O)C1CCNC1. The molecule has 1 rings (SSSR count). The number of hydrogen-bond acceptors (Lipinski definition) is 3. The minimum absolute atomic E-state index is 0.00375. The summed E-state index contributed by atoms with van der Waals surface area (Å²) in [6.45, 7) is 3.65. The Bertz CT molecular complexity index is 341. The normalized spacial score (nSPS) is 17.3.